The van der Waals surface area contributed by atoms with Gasteiger partial charge in [0.2, 0.25) is 0 Å². The number of nitrogens with one attached hydrogen (secondary N) is 1. The fourth-order valence-electron chi connectivity index (χ4n) is 1.73. The van der Waals surface area contributed by atoms with Crippen LogP contribution in [0.15, 0.2) is 41.7 Å². The molecule has 0 atom stereocenters. The van der Waals surface area contributed by atoms with Crippen molar-refractivity contribution in [3.63, 3.8) is 0 Å². The molecular weight excluding hydrogens is 280 g/mol. The number of hydrogen-bond donors (Lipinski definition) is 1. The Balaban J connectivity index is 3.05. The molecule has 0 amide bonds. The molecule has 0 saturated carbocycles. The first-order valence-electron chi connectivity index (χ1n) is 6.44. The van der Waals surface area contributed by atoms with E-state index in [2.05, 4.69) is 5.32 Å². The van der Waals surface area contributed by atoms with Gasteiger partial charge in [-0.25, -0.2) is 0 Å². The monoisotopic (exact) mass is 298 g/mol. The van der Waals surface area contributed by atoms with Crippen molar-refractivity contribution in [3.05, 3.63) is 41.7 Å². The molecular formula is C16H18N4O2. The Morgan fingerprint density at radius 3 is 2.36 bits per heavy atom. The fourth-order valence-corrected chi connectivity index (χ4v) is 1.73. The minimum atomic E-state index is 0.0423. The molecule has 114 valence electrons. The summed E-state index contributed by atoms with van der Waals surface area (Å²) in [6.07, 6.45) is 3.29. The molecule has 6 heteroatoms. The molecule has 0 heterocycles. The number of anilines is 1. The van der Waals surface area contributed by atoms with Crippen molar-refractivity contribution >= 4 is 5.69 Å². The lowest BCUT2D eigenvalue weighted by atomic mass is 10.2. The summed E-state index contributed by atoms with van der Waals surface area (Å²) >= 11 is 0. The van der Waals surface area contributed by atoms with Crippen molar-refractivity contribution in [2.24, 2.45) is 0 Å². The summed E-state index contributed by atoms with van der Waals surface area (Å²) in [6, 6.07) is 9.12. The number of benzene rings is 1. The van der Waals surface area contributed by atoms with E-state index < -0.39 is 0 Å². The van der Waals surface area contributed by atoms with E-state index in [4.69, 9.17) is 20.0 Å². The van der Waals surface area contributed by atoms with Gasteiger partial charge in [-0.3, -0.25) is 0 Å². The molecule has 0 saturated heterocycles. The maximum Gasteiger partial charge on any atom is 0.152 e. The third-order valence-corrected chi connectivity index (χ3v) is 2.85. The van der Waals surface area contributed by atoms with Gasteiger partial charge in [-0.15, -0.1) is 0 Å². The highest BCUT2D eigenvalue weighted by Gasteiger charge is 2.06. The molecule has 1 N–H and O–H groups in total. The lowest BCUT2D eigenvalue weighted by Crippen LogP contribution is -2.11. The molecule has 1 aromatic rings. The first-order chi connectivity index (χ1) is 10.6. The average molecular weight is 298 g/mol. The number of allylic oxidation sites excluding steroid dienone is 2. The molecule has 0 aliphatic rings. The predicted molar refractivity (Wildman–Crippen MR) is 84.2 cm³/mol. The Hall–Kier alpha value is -3.12. The quantitative estimate of drug-likeness (QED) is 0.642. The van der Waals surface area contributed by atoms with E-state index in [1.54, 1.807) is 63.7 Å². The van der Waals surface area contributed by atoms with E-state index in [1.165, 1.54) is 0 Å². The highest BCUT2D eigenvalue weighted by molar-refractivity contribution is 5.61. The summed E-state index contributed by atoms with van der Waals surface area (Å²) in [4.78, 5) is 1.70. The molecule has 1 rings (SSSR count). The SMILES string of the molecule is COc1ccc(OC)c(NC=CC(=C(C#N)C#N)N(C)C)c1. The summed E-state index contributed by atoms with van der Waals surface area (Å²) in [5, 5.41) is 21.0. The summed E-state index contributed by atoms with van der Waals surface area (Å²) < 4.78 is 10.4. The van der Waals surface area contributed by atoms with E-state index in [9.17, 15) is 0 Å². The molecule has 6 nitrogen and oxygen atoms in total. The van der Waals surface area contributed by atoms with Crippen LogP contribution in [0.4, 0.5) is 5.69 Å². The van der Waals surface area contributed by atoms with E-state index in [-0.39, 0.29) is 5.57 Å². The van der Waals surface area contributed by atoms with Gasteiger partial charge in [0.1, 0.15) is 23.6 Å². The zero-order valence-corrected chi connectivity index (χ0v) is 13.0. The normalized spacial score (nSPS) is 9.55. The number of methoxy groups -OCH3 is 2. The Bertz CT molecular complexity index is 648. The van der Waals surface area contributed by atoms with Gasteiger partial charge in [-0.2, -0.15) is 10.5 Å². The lowest BCUT2D eigenvalue weighted by Gasteiger charge is -2.14. The Labute approximate surface area is 130 Å². The number of nitriles is 2. The number of hydrogen-bond acceptors (Lipinski definition) is 6. The van der Waals surface area contributed by atoms with Gasteiger partial charge < -0.3 is 19.7 Å². The smallest absolute Gasteiger partial charge is 0.152 e. The highest BCUT2D eigenvalue weighted by atomic mass is 16.5. The molecule has 22 heavy (non-hydrogen) atoms. The number of nitrogens with zero attached hydrogens (tertiary/aromatic N) is 3. The zero-order valence-electron chi connectivity index (χ0n) is 13.0. The maximum atomic E-state index is 8.96. The molecule has 0 bridgehead atoms. The molecule has 1 aromatic carbocycles. The summed E-state index contributed by atoms with van der Waals surface area (Å²) in [6.45, 7) is 0. The van der Waals surface area contributed by atoms with Gasteiger partial charge in [-0.05, 0) is 18.2 Å². The standard InChI is InChI=1S/C16H18N4O2/c1-20(2)15(12(10-17)11-18)7-8-19-14-9-13(21-3)5-6-16(14)22-4/h5-9,19H,1-4H3. The van der Waals surface area contributed by atoms with E-state index in [0.717, 1.165) is 0 Å². The second-order valence-electron chi connectivity index (χ2n) is 4.42. The van der Waals surface area contributed by atoms with Crippen LogP contribution in [0.1, 0.15) is 0 Å². The number of rotatable bonds is 6. The van der Waals surface area contributed by atoms with Gasteiger partial charge in [0, 0.05) is 26.4 Å². The van der Waals surface area contributed by atoms with Crippen molar-refractivity contribution < 1.29 is 9.47 Å². The Morgan fingerprint density at radius 2 is 1.86 bits per heavy atom. The maximum absolute atomic E-state index is 8.96. The third-order valence-electron chi connectivity index (χ3n) is 2.85. The first kappa shape index (κ1) is 16.9. The van der Waals surface area contributed by atoms with Crippen molar-refractivity contribution in [2.75, 3.05) is 33.6 Å². The lowest BCUT2D eigenvalue weighted by molar-refractivity contribution is 0.405. The minimum Gasteiger partial charge on any atom is -0.497 e. The van der Waals surface area contributed by atoms with Crippen molar-refractivity contribution in [1.29, 1.82) is 10.5 Å². The van der Waals surface area contributed by atoms with Crippen LogP contribution >= 0.6 is 0 Å². The summed E-state index contributed by atoms with van der Waals surface area (Å²) in [5.74, 6) is 1.34. The van der Waals surface area contributed by atoms with Crippen LogP contribution in [0.5, 0.6) is 11.5 Å². The van der Waals surface area contributed by atoms with Crippen LogP contribution in [-0.2, 0) is 0 Å². The second kappa shape index (κ2) is 8.23. The molecule has 0 aromatic heterocycles. The molecule has 0 unspecified atom stereocenters. The van der Waals surface area contributed by atoms with E-state index in [0.29, 0.717) is 22.9 Å². The van der Waals surface area contributed by atoms with E-state index in [1.807, 2.05) is 12.1 Å². The molecule has 0 spiro atoms. The number of ether oxygens (including phenoxy) is 2. The highest BCUT2D eigenvalue weighted by Crippen LogP contribution is 2.28. The van der Waals surface area contributed by atoms with Crippen LogP contribution in [0.25, 0.3) is 0 Å². The predicted octanol–water partition coefficient (Wildman–Crippen LogP) is 2.49. The van der Waals surface area contributed by atoms with Crippen LogP contribution in [0.2, 0.25) is 0 Å². The summed E-state index contributed by atoms with van der Waals surface area (Å²) in [7, 11) is 6.69. The molecule has 0 radical (unpaired) electrons. The minimum absolute atomic E-state index is 0.0423. The third kappa shape index (κ3) is 4.19. The average Bonchev–Trinajstić information content (AvgIpc) is 2.53. The Morgan fingerprint density at radius 1 is 1.18 bits per heavy atom. The molecule has 0 fully saturated rings. The van der Waals surface area contributed by atoms with Gasteiger partial charge in [0.25, 0.3) is 0 Å². The van der Waals surface area contributed by atoms with Gasteiger partial charge in [-0.1, -0.05) is 0 Å². The fraction of sp³-hybridized carbons (Fsp3) is 0.250. The topological polar surface area (TPSA) is 81.3 Å². The van der Waals surface area contributed by atoms with Crippen LogP contribution in [0.3, 0.4) is 0 Å². The van der Waals surface area contributed by atoms with Crippen LogP contribution in [0, 0.1) is 22.7 Å². The van der Waals surface area contributed by atoms with Gasteiger partial charge in [0.05, 0.1) is 25.6 Å². The van der Waals surface area contributed by atoms with Crippen LogP contribution < -0.4 is 14.8 Å². The van der Waals surface area contributed by atoms with Crippen molar-refractivity contribution in [3.8, 4) is 23.6 Å². The molecule has 0 aliphatic carbocycles. The van der Waals surface area contributed by atoms with Crippen molar-refractivity contribution in [2.45, 2.75) is 0 Å². The van der Waals surface area contributed by atoms with Crippen molar-refractivity contribution in [1.82, 2.24) is 4.90 Å². The zero-order chi connectivity index (χ0) is 16.5. The largest absolute Gasteiger partial charge is 0.497 e. The van der Waals surface area contributed by atoms with Gasteiger partial charge in [0.15, 0.2) is 5.57 Å². The second-order valence-corrected chi connectivity index (χ2v) is 4.42. The first-order valence-corrected chi connectivity index (χ1v) is 6.44. The molecule has 0 aliphatic heterocycles. The summed E-state index contributed by atoms with van der Waals surface area (Å²) in [5.41, 5.74) is 1.27. The Kier molecular flexibility index (Phi) is 6.33. The van der Waals surface area contributed by atoms with E-state index >= 15 is 0 Å². The number of likely N-dealkylation sites (N-methyl/N-ethyl adjacent to an activating group) is 1. The van der Waals surface area contributed by atoms with Crippen LogP contribution in [-0.4, -0.2) is 33.2 Å². The van der Waals surface area contributed by atoms with Gasteiger partial charge >= 0.3 is 0 Å².